The first-order chi connectivity index (χ1) is 9.63. The highest BCUT2D eigenvalue weighted by Crippen LogP contribution is 2.18. The number of rotatable bonds is 3. The number of carbonyl (C=O) groups excluding carboxylic acids is 1. The van der Waals surface area contributed by atoms with E-state index in [1.165, 1.54) is 17.0 Å². The number of aromatic amines is 1. The smallest absolute Gasteiger partial charge is 0.408 e. The number of nitrogens with zero attached hydrogens (tertiary/aromatic N) is 3. The van der Waals surface area contributed by atoms with Crippen LogP contribution in [0.15, 0.2) is 33.7 Å². The van der Waals surface area contributed by atoms with Gasteiger partial charge in [-0.25, -0.2) is 9.89 Å². The van der Waals surface area contributed by atoms with E-state index in [2.05, 4.69) is 20.5 Å². The Morgan fingerprint density at radius 1 is 1.50 bits per heavy atom. The number of anilines is 1. The van der Waals surface area contributed by atoms with Gasteiger partial charge in [0.1, 0.15) is 12.9 Å². The van der Waals surface area contributed by atoms with Gasteiger partial charge in [-0.2, -0.15) is 10.1 Å². The Bertz CT molecular complexity index is 820. The minimum atomic E-state index is -0.630. The van der Waals surface area contributed by atoms with Crippen molar-refractivity contribution in [3.05, 3.63) is 40.1 Å². The van der Waals surface area contributed by atoms with Crippen LogP contribution in [-0.2, 0) is 11.3 Å². The predicted molar refractivity (Wildman–Crippen MR) is 70.5 cm³/mol. The second kappa shape index (κ2) is 4.82. The van der Waals surface area contributed by atoms with E-state index in [0.717, 1.165) is 0 Å². The lowest BCUT2D eigenvalue weighted by atomic mass is 10.3. The molecular formula is C11H8ClN5O3. The number of nitrogens with one attached hydrogen (secondary N) is 2. The van der Waals surface area contributed by atoms with E-state index in [1.807, 2.05) is 0 Å². The van der Waals surface area contributed by atoms with Crippen molar-refractivity contribution >= 4 is 34.6 Å². The summed E-state index contributed by atoms with van der Waals surface area (Å²) >= 11 is 5.81. The normalized spacial score (nSPS) is 10.8. The second-order valence-electron chi connectivity index (χ2n) is 3.95. The number of hydrogen-bond donors (Lipinski definition) is 2. The summed E-state index contributed by atoms with van der Waals surface area (Å²) in [6, 6.07) is 4.75. The molecule has 9 heteroatoms. The second-order valence-corrected chi connectivity index (χ2v) is 4.38. The summed E-state index contributed by atoms with van der Waals surface area (Å²) in [5.41, 5.74) is 0.821. The fourth-order valence-corrected chi connectivity index (χ4v) is 1.93. The maximum atomic E-state index is 11.8. The molecule has 0 radical (unpaired) electrons. The number of halogens is 1. The number of aromatic nitrogens is 4. The van der Waals surface area contributed by atoms with E-state index in [1.54, 1.807) is 12.1 Å². The first kappa shape index (κ1) is 12.4. The largest absolute Gasteiger partial charge is 0.420 e. The van der Waals surface area contributed by atoms with Crippen molar-refractivity contribution in [3.8, 4) is 0 Å². The van der Waals surface area contributed by atoms with Crippen molar-refractivity contribution in [3.63, 3.8) is 0 Å². The number of fused-ring (bicyclic) bond motifs is 1. The molecule has 2 aromatic heterocycles. The van der Waals surface area contributed by atoms with Crippen molar-refractivity contribution in [2.75, 3.05) is 5.32 Å². The average molecular weight is 294 g/mol. The minimum absolute atomic E-state index is 0.200. The predicted octanol–water partition coefficient (Wildman–Crippen LogP) is 1.00. The quantitative estimate of drug-likeness (QED) is 0.749. The zero-order valence-corrected chi connectivity index (χ0v) is 10.7. The molecule has 1 aromatic carbocycles. The third kappa shape index (κ3) is 2.28. The molecule has 2 heterocycles. The molecule has 0 saturated heterocycles. The topological polar surface area (TPSA) is 106 Å². The first-order valence-corrected chi connectivity index (χ1v) is 5.95. The molecule has 0 unspecified atom stereocenters. The van der Waals surface area contributed by atoms with Crippen LogP contribution in [0, 0.1) is 0 Å². The van der Waals surface area contributed by atoms with Crippen LogP contribution in [0.25, 0.3) is 11.1 Å². The van der Waals surface area contributed by atoms with Crippen LogP contribution in [0.1, 0.15) is 0 Å². The lowest BCUT2D eigenvalue weighted by Crippen LogP contribution is -2.25. The summed E-state index contributed by atoms with van der Waals surface area (Å²) in [5.74, 6) is -0.851. The molecule has 1 amide bonds. The Morgan fingerprint density at radius 3 is 3.10 bits per heavy atom. The molecular weight excluding hydrogens is 286 g/mol. The number of hydrogen-bond acceptors (Lipinski definition) is 5. The van der Waals surface area contributed by atoms with E-state index in [9.17, 15) is 9.59 Å². The Hall–Kier alpha value is -2.61. The molecule has 102 valence electrons. The number of benzene rings is 1. The fourth-order valence-electron chi connectivity index (χ4n) is 1.77. The molecule has 2 N–H and O–H groups in total. The van der Waals surface area contributed by atoms with Gasteiger partial charge >= 0.3 is 5.76 Å². The molecule has 0 atom stereocenters. The van der Waals surface area contributed by atoms with Crippen LogP contribution < -0.4 is 11.1 Å². The molecule has 20 heavy (non-hydrogen) atoms. The van der Waals surface area contributed by atoms with Crippen molar-refractivity contribution < 1.29 is 9.21 Å². The van der Waals surface area contributed by atoms with Gasteiger partial charge in [0.25, 0.3) is 0 Å². The van der Waals surface area contributed by atoms with Crippen LogP contribution in [0.3, 0.4) is 0 Å². The Kier molecular flexibility index (Phi) is 2.99. The third-order valence-corrected chi connectivity index (χ3v) is 2.84. The average Bonchev–Trinajstić information content (AvgIpc) is 2.98. The molecule has 0 aliphatic rings. The van der Waals surface area contributed by atoms with Crippen LogP contribution >= 0.6 is 11.6 Å². The van der Waals surface area contributed by atoms with Gasteiger partial charge < -0.3 is 4.42 Å². The zero-order chi connectivity index (χ0) is 14.1. The molecule has 0 spiro atoms. The van der Waals surface area contributed by atoms with Crippen molar-refractivity contribution in [2.24, 2.45) is 0 Å². The molecule has 0 saturated carbocycles. The minimum Gasteiger partial charge on any atom is -0.408 e. The van der Waals surface area contributed by atoms with Crippen LogP contribution in [-0.4, -0.2) is 25.7 Å². The number of H-pyrrole nitrogens is 1. The summed E-state index contributed by atoms with van der Waals surface area (Å²) in [6.45, 7) is -0.200. The van der Waals surface area contributed by atoms with Gasteiger partial charge in [-0.05, 0) is 12.1 Å². The summed E-state index contributed by atoms with van der Waals surface area (Å²) < 4.78 is 6.23. The summed E-state index contributed by atoms with van der Waals surface area (Å²) in [7, 11) is 0. The van der Waals surface area contributed by atoms with E-state index in [-0.39, 0.29) is 12.5 Å². The molecule has 0 bridgehead atoms. The number of amides is 1. The molecule has 8 nitrogen and oxygen atoms in total. The maximum Gasteiger partial charge on any atom is 0.420 e. The Balaban J connectivity index is 1.89. The highest BCUT2D eigenvalue weighted by Gasteiger charge is 2.13. The first-order valence-electron chi connectivity index (χ1n) is 5.57. The van der Waals surface area contributed by atoms with Crippen LogP contribution in [0.5, 0.6) is 0 Å². The molecule has 3 aromatic rings. The van der Waals surface area contributed by atoms with Gasteiger partial charge in [-0.1, -0.05) is 11.6 Å². The summed E-state index contributed by atoms with van der Waals surface area (Å²) in [4.78, 5) is 27.3. The molecule has 0 aliphatic heterocycles. The Labute approximate surface area is 116 Å². The third-order valence-electron chi connectivity index (χ3n) is 2.60. The van der Waals surface area contributed by atoms with E-state index in [4.69, 9.17) is 16.0 Å². The zero-order valence-electron chi connectivity index (χ0n) is 9.96. The lowest BCUT2D eigenvalue weighted by Gasteiger charge is -2.02. The summed E-state index contributed by atoms with van der Waals surface area (Å²) in [5, 5.41) is 9.00. The summed E-state index contributed by atoms with van der Waals surface area (Å²) in [6.07, 6.45) is 1.26. The van der Waals surface area contributed by atoms with Crippen molar-refractivity contribution in [1.29, 1.82) is 0 Å². The van der Waals surface area contributed by atoms with Gasteiger partial charge in [-0.3, -0.25) is 14.7 Å². The molecule has 3 rings (SSSR count). The standard InChI is InChI=1S/C11H8ClN5O3/c12-6-1-2-7-8(3-6)20-11(19)17(7)4-9(18)15-10-13-5-14-16-10/h1-3,5H,4H2,(H2,13,14,15,16,18). The maximum absolute atomic E-state index is 11.8. The fraction of sp³-hybridized carbons (Fsp3) is 0.0909. The van der Waals surface area contributed by atoms with Crippen LogP contribution in [0.4, 0.5) is 5.95 Å². The van der Waals surface area contributed by atoms with Gasteiger partial charge in [0.15, 0.2) is 5.58 Å². The monoisotopic (exact) mass is 293 g/mol. The highest BCUT2D eigenvalue weighted by molar-refractivity contribution is 6.31. The number of carbonyl (C=O) groups is 1. The van der Waals surface area contributed by atoms with Gasteiger partial charge in [0, 0.05) is 11.1 Å². The Morgan fingerprint density at radius 2 is 2.35 bits per heavy atom. The van der Waals surface area contributed by atoms with Gasteiger partial charge in [0.05, 0.1) is 5.52 Å². The SMILES string of the molecule is O=C(Cn1c(=O)oc2cc(Cl)ccc21)Nc1ncn[nH]1. The van der Waals surface area contributed by atoms with E-state index in [0.29, 0.717) is 16.1 Å². The van der Waals surface area contributed by atoms with E-state index >= 15 is 0 Å². The van der Waals surface area contributed by atoms with Gasteiger partial charge in [0.2, 0.25) is 11.9 Å². The van der Waals surface area contributed by atoms with Gasteiger partial charge in [-0.15, -0.1) is 0 Å². The van der Waals surface area contributed by atoms with Crippen molar-refractivity contribution in [2.45, 2.75) is 6.54 Å². The highest BCUT2D eigenvalue weighted by atomic mass is 35.5. The van der Waals surface area contributed by atoms with Crippen LogP contribution in [0.2, 0.25) is 5.02 Å². The molecule has 0 aliphatic carbocycles. The molecule has 0 fully saturated rings. The van der Waals surface area contributed by atoms with Crippen molar-refractivity contribution in [1.82, 2.24) is 19.7 Å². The van der Waals surface area contributed by atoms with E-state index < -0.39 is 11.7 Å². The lowest BCUT2D eigenvalue weighted by molar-refractivity contribution is -0.116. The number of oxazole rings is 1.